The first-order chi connectivity index (χ1) is 10.2. The summed E-state index contributed by atoms with van der Waals surface area (Å²) in [6, 6.07) is 11.8. The molecule has 0 saturated heterocycles. The van der Waals surface area contributed by atoms with E-state index in [0.717, 1.165) is 38.2 Å². The lowest BCUT2D eigenvalue weighted by Crippen LogP contribution is -1.98. The van der Waals surface area contributed by atoms with Gasteiger partial charge in [-0.1, -0.05) is 22.0 Å². The molecule has 0 bridgehead atoms. The Kier molecular flexibility index (Phi) is 5.21. The molecule has 2 aromatic carbocycles. The van der Waals surface area contributed by atoms with Crippen LogP contribution in [0.3, 0.4) is 0 Å². The molecule has 0 fully saturated rings. The van der Waals surface area contributed by atoms with Crippen LogP contribution < -0.4 is 10.1 Å². The van der Waals surface area contributed by atoms with Gasteiger partial charge in [0, 0.05) is 21.6 Å². The summed E-state index contributed by atoms with van der Waals surface area (Å²) in [7, 11) is 1.65. The van der Waals surface area contributed by atoms with Gasteiger partial charge in [-0.15, -0.1) is 12.4 Å². The standard InChI is InChI=1S/C16H14BrN3O.ClH/c1-10-13(17)4-3-5-14(10)20-16-12-7-6-11(21-2)8-15(12)18-9-19-16;/h3-9H,1-2H3,(H,18,19,20);1H. The molecule has 1 N–H and O–H groups in total. The minimum atomic E-state index is 0. The highest BCUT2D eigenvalue weighted by molar-refractivity contribution is 9.10. The molecule has 0 aliphatic heterocycles. The number of rotatable bonds is 3. The number of benzene rings is 2. The van der Waals surface area contributed by atoms with Crippen LogP contribution in [0.15, 0.2) is 47.2 Å². The lowest BCUT2D eigenvalue weighted by molar-refractivity contribution is 0.415. The van der Waals surface area contributed by atoms with Gasteiger partial charge in [0.2, 0.25) is 0 Å². The van der Waals surface area contributed by atoms with Gasteiger partial charge in [-0.05, 0) is 36.8 Å². The number of hydrogen-bond acceptors (Lipinski definition) is 4. The van der Waals surface area contributed by atoms with Crippen LogP contribution in [0.25, 0.3) is 10.9 Å². The fourth-order valence-corrected chi connectivity index (χ4v) is 2.50. The van der Waals surface area contributed by atoms with Crippen molar-refractivity contribution in [1.82, 2.24) is 9.97 Å². The third-order valence-corrected chi connectivity index (χ3v) is 4.22. The van der Waals surface area contributed by atoms with E-state index in [2.05, 4.69) is 38.1 Å². The minimum Gasteiger partial charge on any atom is -0.497 e. The molecule has 0 radical (unpaired) electrons. The van der Waals surface area contributed by atoms with Gasteiger partial charge in [0.1, 0.15) is 17.9 Å². The fourth-order valence-electron chi connectivity index (χ4n) is 2.13. The van der Waals surface area contributed by atoms with Crippen molar-refractivity contribution in [3.8, 4) is 5.75 Å². The van der Waals surface area contributed by atoms with Crippen molar-refractivity contribution in [2.75, 3.05) is 12.4 Å². The van der Waals surface area contributed by atoms with E-state index in [9.17, 15) is 0 Å². The van der Waals surface area contributed by atoms with E-state index in [-0.39, 0.29) is 12.4 Å². The van der Waals surface area contributed by atoms with Gasteiger partial charge in [0.25, 0.3) is 0 Å². The van der Waals surface area contributed by atoms with Gasteiger partial charge in [-0.25, -0.2) is 9.97 Å². The van der Waals surface area contributed by atoms with Gasteiger partial charge >= 0.3 is 0 Å². The zero-order valence-corrected chi connectivity index (χ0v) is 14.5. The number of methoxy groups -OCH3 is 1. The third kappa shape index (κ3) is 3.15. The number of ether oxygens (including phenoxy) is 1. The highest BCUT2D eigenvalue weighted by Crippen LogP contribution is 2.29. The number of fused-ring (bicyclic) bond motifs is 1. The van der Waals surface area contributed by atoms with E-state index < -0.39 is 0 Å². The summed E-state index contributed by atoms with van der Waals surface area (Å²) in [4.78, 5) is 8.64. The highest BCUT2D eigenvalue weighted by atomic mass is 79.9. The molecule has 0 spiro atoms. The summed E-state index contributed by atoms with van der Waals surface area (Å²) in [6.45, 7) is 2.05. The molecule has 0 atom stereocenters. The first kappa shape index (κ1) is 16.5. The monoisotopic (exact) mass is 379 g/mol. The third-order valence-electron chi connectivity index (χ3n) is 3.36. The Morgan fingerprint density at radius 1 is 1.14 bits per heavy atom. The van der Waals surface area contributed by atoms with Crippen LogP contribution in [0.5, 0.6) is 5.75 Å². The average molecular weight is 381 g/mol. The van der Waals surface area contributed by atoms with E-state index in [1.165, 1.54) is 0 Å². The van der Waals surface area contributed by atoms with Gasteiger partial charge in [-0.2, -0.15) is 0 Å². The van der Waals surface area contributed by atoms with E-state index in [1.807, 2.05) is 36.4 Å². The maximum absolute atomic E-state index is 5.23. The van der Waals surface area contributed by atoms with Crippen LogP contribution in [-0.2, 0) is 0 Å². The second kappa shape index (κ2) is 6.94. The molecule has 3 aromatic rings. The summed E-state index contributed by atoms with van der Waals surface area (Å²) in [5, 5.41) is 4.33. The van der Waals surface area contributed by atoms with Crippen LogP contribution >= 0.6 is 28.3 Å². The predicted octanol–water partition coefficient (Wildman–Crippen LogP) is 4.87. The van der Waals surface area contributed by atoms with Crippen LogP contribution in [0.4, 0.5) is 11.5 Å². The SMILES string of the molecule is COc1ccc2c(Nc3cccc(Br)c3C)ncnc2c1.Cl. The van der Waals surface area contributed by atoms with E-state index in [4.69, 9.17) is 4.74 Å². The first-order valence-corrected chi connectivity index (χ1v) is 7.29. The molecule has 0 saturated carbocycles. The molecule has 0 aliphatic carbocycles. The fraction of sp³-hybridized carbons (Fsp3) is 0.125. The first-order valence-electron chi connectivity index (χ1n) is 6.50. The maximum atomic E-state index is 5.23. The Balaban J connectivity index is 0.00000176. The molecule has 114 valence electrons. The van der Waals surface area contributed by atoms with E-state index in [0.29, 0.717) is 0 Å². The van der Waals surface area contributed by atoms with Crippen molar-refractivity contribution in [2.24, 2.45) is 0 Å². The molecule has 6 heteroatoms. The molecule has 1 aromatic heterocycles. The number of nitrogens with one attached hydrogen (secondary N) is 1. The number of aromatic nitrogens is 2. The van der Waals surface area contributed by atoms with E-state index >= 15 is 0 Å². The van der Waals surface area contributed by atoms with Crippen molar-refractivity contribution in [3.05, 3.63) is 52.8 Å². The topological polar surface area (TPSA) is 47.0 Å². The molecule has 22 heavy (non-hydrogen) atoms. The van der Waals surface area contributed by atoms with Crippen LogP contribution in [0.2, 0.25) is 0 Å². The summed E-state index contributed by atoms with van der Waals surface area (Å²) in [5.41, 5.74) is 3.00. The Morgan fingerprint density at radius 3 is 2.73 bits per heavy atom. The molecule has 3 rings (SSSR count). The predicted molar refractivity (Wildman–Crippen MR) is 95.5 cm³/mol. The molecule has 4 nitrogen and oxygen atoms in total. The van der Waals surface area contributed by atoms with Crippen molar-refractivity contribution < 1.29 is 4.74 Å². The Bertz CT molecular complexity index is 810. The summed E-state index contributed by atoms with van der Waals surface area (Å²) in [6.07, 6.45) is 1.55. The molecule has 0 amide bonds. The van der Waals surface area contributed by atoms with Crippen LogP contribution in [-0.4, -0.2) is 17.1 Å². The highest BCUT2D eigenvalue weighted by Gasteiger charge is 2.07. The number of halogens is 2. The zero-order chi connectivity index (χ0) is 14.8. The summed E-state index contributed by atoms with van der Waals surface area (Å²) < 4.78 is 6.29. The van der Waals surface area contributed by atoms with Crippen LogP contribution in [0, 0.1) is 6.92 Å². The number of anilines is 2. The molecular weight excluding hydrogens is 366 g/mol. The van der Waals surface area contributed by atoms with Crippen molar-refractivity contribution in [1.29, 1.82) is 0 Å². The van der Waals surface area contributed by atoms with Gasteiger partial charge in [0.05, 0.1) is 12.6 Å². The summed E-state index contributed by atoms with van der Waals surface area (Å²) >= 11 is 3.54. The minimum absolute atomic E-state index is 0. The van der Waals surface area contributed by atoms with Gasteiger partial charge < -0.3 is 10.1 Å². The normalized spacial score (nSPS) is 10.1. The zero-order valence-electron chi connectivity index (χ0n) is 12.1. The van der Waals surface area contributed by atoms with Crippen LogP contribution in [0.1, 0.15) is 5.56 Å². The Morgan fingerprint density at radius 2 is 1.95 bits per heavy atom. The van der Waals surface area contributed by atoms with Gasteiger partial charge in [-0.3, -0.25) is 0 Å². The second-order valence-electron chi connectivity index (χ2n) is 4.64. The number of hydrogen-bond donors (Lipinski definition) is 1. The van der Waals surface area contributed by atoms with E-state index in [1.54, 1.807) is 13.4 Å². The molecule has 0 aliphatic rings. The Hall–Kier alpha value is -1.85. The maximum Gasteiger partial charge on any atom is 0.141 e. The van der Waals surface area contributed by atoms with Crippen molar-refractivity contribution in [2.45, 2.75) is 6.92 Å². The van der Waals surface area contributed by atoms with Crippen molar-refractivity contribution >= 4 is 50.7 Å². The second-order valence-corrected chi connectivity index (χ2v) is 5.50. The van der Waals surface area contributed by atoms with Gasteiger partial charge in [0.15, 0.2) is 0 Å². The average Bonchev–Trinajstić information content (AvgIpc) is 2.51. The smallest absolute Gasteiger partial charge is 0.141 e. The lowest BCUT2D eigenvalue weighted by Gasteiger charge is -2.12. The molecule has 1 heterocycles. The largest absolute Gasteiger partial charge is 0.497 e. The molecular formula is C16H15BrClN3O. The quantitative estimate of drug-likeness (QED) is 0.704. The number of nitrogens with zero attached hydrogens (tertiary/aromatic N) is 2. The Labute approximate surface area is 143 Å². The lowest BCUT2D eigenvalue weighted by atomic mass is 10.2. The van der Waals surface area contributed by atoms with Crippen molar-refractivity contribution in [3.63, 3.8) is 0 Å². The molecule has 0 unspecified atom stereocenters. The summed E-state index contributed by atoms with van der Waals surface area (Å²) in [5.74, 6) is 1.56.